The molecule has 0 amide bonds. The van der Waals surface area contributed by atoms with E-state index in [1.807, 2.05) is 60.7 Å². The van der Waals surface area contributed by atoms with E-state index < -0.39 is 39.4 Å². The standard InChI is InChI=1S/C31H24N2O9/c34-29(39-19-30(23-11-15-25(16-12-23)32(35)36)27(41-30)21-7-3-1-4-8-21)40-20-31(24-13-17-26(18-14-24)33(37)38)28(42-31)22-9-5-2-6-10-22/h1-18,27-28H,19-20H2/t27-,28-,30+,31+/m0/s1. The summed E-state index contributed by atoms with van der Waals surface area (Å²) in [6.45, 7) is -0.395. The Morgan fingerprint density at radius 3 is 1.31 bits per heavy atom. The molecule has 0 spiro atoms. The highest BCUT2D eigenvalue weighted by Gasteiger charge is 2.61. The van der Waals surface area contributed by atoms with Gasteiger partial charge in [-0.15, -0.1) is 0 Å². The second-order valence-corrected chi connectivity index (χ2v) is 10.0. The molecule has 11 nitrogen and oxygen atoms in total. The minimum Gasteiger partial charge on any atom is -0.431 e. The fourth-order valence-electron chi connectivity index (χ4n) is 5.21. The first kappa shape index (κ1) is 27.1. The highest BCUT2D eigenvalue weighted by Crippen LogP contribution is 2.58. The number of carbonyl (C=O) groups excluding carboxylic acids is 1. The van der Waals surface area contributed by atoms with Crippen molar-refractivity contribution in [3.8, 4) is 0 Å². The fraction of sp³-hybridized carbons (Fsp3) is 0.194. The molecular weight excluding hydrogens is 544 g/mol. The van der Waals surface area contributed by atoms with Crippen LogP contribution >= 0.6 is 0 Å². The van der Waals surface area contributed by atoms with Crippen LogP contribution in [0, 0.1) is 20.2 Å². The molecule has 212 valence electrons. The molecule has 0 unspecified atom stereocenters. The van der Waals surface area contributed by atoms with Crippen LogP contribution in [0.3, 0.4) is 0 Å². The number of benzene rings is 4. The molecule has 4 aromatic carbocycles. The third-order valence-electron chi connectivity index (χ3n) is 7.54. The number of non-ortho nitro benzene ring substituents is 2. The summed E-state index contributed by atoms with van der Waals surface area (Å²) in [5, 5.41) is 22.3. The van der Waals surface area contributed by atoms with Crippen molar-refractivity contribution in [3.05, 3.63) is 152 Å². The molecule has 2 aliphatic rings. The van der Waals surface area contributed by atoms with E-state index in [0.717, 1.165) is 11.1 Å². The first-order valence-corrected chi connectivity index (χ1v) is 13.1. The molecule has 2 fully saturated rings. The van der Waals surface area contributed by atoms with Crippen LogP contribution in [0.5, 0.6) is 0 Å². The summed E-state index contributed by atoms with van der Waals surface area (Å²) in [4.78, 5) is 34.2. The Balaban J connectivity index is 1.18. The van der Waals surface area contributed by atoms with Crippen molar-refractivity contribution < 1.29 is 33.6 Å². The van der Waals surface area contributed by atoms with E-state index in [4.69, 9.17) is 18.9 Å². The number of ether oxygens (including phenoxy) is 4. The molecule has 0 aromatic heterocycles. The summed E-state index contributed by atoms with van der Waals surface area (Å²) in [7, 11) is 0. The van der Waals surface area contributed by atoms with E-state index in [2.05, 4.69) is 0 Å². The van der Waals surface area contributed by atoms with Crippen molar-refractivity contribution in [1.29, 1.82) is 0 Å². The zero-order valence-corrected chi connectivity index (χ0v) is 22.0. The lowest BCUT2D eigenvalue weighted by Gasteiger charge is -2.17. The van der Waals surface area contributed by atoms with Crippen LogP contribution in [0.1, 0.15) is 34.5 Å². The van der Waals surface area contributed by atoms with Gasteiger partial charge in [0, 0.05) is 24.3 Å². The summed E-state index contributed by atoms with van der Waals surface area (Å²) in [5.41, 5.74) is 0.727. The first-order chi connectivity index (χ1) is 20.3. The van der Waals surface area contributed by atoms with Gasteiger partial charge in [-0.25, -0.2) is 4.79 Å². The Labute approximate surface area is 239 Å². The molecule has 0 N–H and O–H groups in total. The Kier molecular flexibility index (Phi) is 6.89. The average molecular weight is 569 g/mol. The number of hydrogen-bond acceptors (Lipinski definition) is 9. The van der Waals surface area contributed by atoms with Gasteiger partial charge in [0.15, 0.2) is 11.2 Å². The number of nitro benzene ring substituents is 2. The van der Waals surface area contributed by atoms with Crippen molar-refractivity contribution in [2.24, 2.45) is 0 Å². The van der Waals surface area contributed by atoms with Gasteiger partial charge >= 0.3 is 6.16 Å². The third kappa shape index (κ3) is 5.06. The summed E-state index contributed by atoms with van der Waals surface area (Å²) < 4.78 is 23.2. The molecule has 4 atom stereocenters. The van der Waals surface area contributed by atoms with Gasteiger partial charge in [0.25, 0.3) is 11.4 Å². The zero-order valence-electron chi connectivity index (χ0n) is 22.0. The lowest BCUT2D eigenvalue weighted by Crippen LogP contribution is -2.25. The molecule has 0 radical (unpaired) electrons. The molecule has 6 rings (SSSR count). The third-order valence-corrected chi connectivity index (χ3v) is 7.54. The van der Waals surface area contributed by atoms with Crippen LogP contribution in [-0.4, -0.2) is 29.2 Å². The number of nitro groups is 2. The van der Waals surface area contributed by atoms with Gasteiger partial charge in [0.1, 0.15) is 25.4 Å². The van der Waals surface area contributed by atoms with Crippen molar-refractivity contribution in [2.45, 2.75) is 23.4 Å². The maximum atomic E-state index is 12.9. The Bertz CT molecular complexity index is 1490. The normalized spacial score (nSPS) is 23.9. The summed E-state index contributed by atoms with van der Waals surface area (Å²) >= 11 is 0. The smallest absolute Gasteiger partial charge is 0.431 e. The lowest BCUT2D eigenvalue weighted by atomic mass is 9.92. The topological polar surface area (TPSA) is 147 Å². The SMILES string of the molecule is O=C(OC[C@]1(c2ccc([N+](=O)[O-])cc2)O[C@H]1c1ccccc1)OC[C@]1(c2ccc([N+](=O)[O-])cc2)O[C@H]1c1ccccc1. The van der Waals surface area contributed by atoms with Crippen LogP contribution in [0.2, 0.25) is 0 Å². The van der Waals surface area contributed by atoms with Crippen molar-refractivity contribution in [1.82, 2.24) is 0 Å². The quantitative estimate of drug-likeness (QED) is 0.0931. The predicted octanol–water partition coefficient (Wildman–Crippen LogP) is 6.29. The van der Waals surface area contributed by atoms with Gasteiger partial charge < -0.3 is 18.9 Å². The fourth-order valence-corrected chi connectivity index (χ4v) is 5.21. The maximum absolute atomic E-state index is 12.9. The molecule has 2 heterocycles. The van der Waals surface area contributed by atoms with Gasteiger partial charge in [-0.2, -0.15) is 0 Å². The molecule has 0 saturated carbocycles. The molecule has 42 heavy (non-hydrogen) atoms. The molecular formula is C31H24N2O9. The minimum absolute atomic E-state index is 0.0694. The Morgan fingerprint density at radius 2 is 0.976 bits per heavy atom. The molecule has 0 aliphatic carbocycles. The van der Waals surface area contributed by atoms with Gasteiger partial charge in [-0.1, -0.05) is 60.7 Å². The maximum Gasteiger partial charge on any atom is 0.508 e. The molecule has 4 aromatic rings. The first-order valence-electron chi connectivity index (χ1n) is 13.1. The number of rotatable bonds is 10. The monoisotopic (exact) mass is 568 g/mol. The second-order valence-electron chi connectivity index (χ2n) is 10.0. The van der Waals surface area contributed by atoms with Gasteiger partial charge in [0.05, 0.1) is 9.85 Å². The van der Waals surface area contributed by atoms with Crippen molar-refractivity contribution >= 4 is 17.5 Å². The van der Waals surface area contributed by atoms with Crippen LogP contribution in [-0.2, 0) is 30.1 Å². The van der Waals surface area contributed by atoms with E-state index in [0.29, 0.717) is 11.1 Å². The predicted molar refractivity (Wildman–Crippen MR) is 147 cm³/mol. The summed E-state index contributed by atoms with van der Waals surface area (Å²) in [6.07, 6.45) is -1.83. The molecule has 0 bridgehead atoms. The van der Waals surface area contributed by atoms with E-state index in [9.17, 15) is 25.0 Å². The Morgan fingerprint density at radius 1 is 0.619 bits per heavy atom. The van der Waals surface area contributed by atoms with Crippen LogP contribution in [0.15, 0.2) is 109 Å². The highest BCUT2D eigenvalue weighted by molar-refractivity contribution is 5.60. The second kappa shape index (κ2) is 10.7. The van der Waals surface area contributed by atoms with E-state index in [-0.39, 0.29) is 24.6 Å². The van der Waals surface area contributed by atoms with Crippen LogP contribution < -0.4 is 0 Å². The van der Waals surface area contributed by atoms with E-state index >= 15 is 0 Å². The van der Waals surface area contributed by atoms with Crippen molar-refractivity contribution in [3.63, 3.8) is 0 Å². The lowest BCUT2D eigenvalue weighted by molar-refractivity contribution is -0.385. The number of carbonyl (C=O) groups is 1. The van der Waals surface area contributed by atoms with E-state index in [1.54, 1.807) is 24.3 Å². The molecule has 11 heteroatoms. The number of hydrogen-bond donors (Lipinski definition) is 0. The van der Waals surface area contributed by atoms with Crippen LogP contribution in [0.4, 0.5) is 16.2 Å². The molecule has 2 aliphatic heterocycles. The van der Waals surface area contributed by atoms with Gasteiger partial charge in [-0.05, 0) is 46.5 Å². The zero-order chi connectivity index (χ0) is 29.3. The largest absolute Gasteiger partial charge is 0.508 e. The Hall–Kier alpha value is -5.13. The average Bonchev–Trinajstić information content (AvgIpc) is 3.95. The van der Waals surface area contributed by atoms with Gasteiger partial charge in [0.2, 0.25) is 0 Å². The highest BCUT2D eigenvalue weighted by atomic mass is 16.7. The summed E-state index contributed by atoms with van der Waals surface area (Å²) in [6, 6.07) is 30.6. The number of epoxide rings is 2. The van der Waals surface area contributed by atoms with E-state index in [1.165, 1.54) is 24.3 Å². The number of nitrogens with zero attached hydrogens (tertiary/aromatic N) is 2. The minimum atomic E-state index is -1.05. The molecule has 2 saturated heterocycles. The van der Waals surface area contributed by atoms with Crippen LogP contribution in [0.25, 0.3) is 0 Å². The van der Waals surface area contributed by atoms with Crippen molar-refractivity contribution in [2.75, 3.05) is 13.2 Å². The summed E-state index contributed by atoms with van der Waals surface area (Å²) in [5.74, 6) is 0. The van der Waals surface area contributed by atoms with Gasteiger partial charge in [-0.3, -0.25) is 20.2 Å².